The Morgan fingerprint density at radius 1 is 1.29 bits per heavy atom. The summed E-state index contributed by atoms with van der Waals surface area (Å²) in [4.78, 5) is 2.21. The van der Waals surface area contributed by atoms with Crippen LogP contribution in [-0.2, 0) is 6.54 Å². The van der Waals surface area contributed by atoms with Gasteiger partial charge in [-0.15, -0.1) is 13.2 Å². The third-order valence-electron chi connectivity index (χ3n) is 1.95. The van der Waals surface area contributed by atoms with Crippen molar-refractivity contribution < 1.29 is 4.42 Å². The first-order chi connectivity index (χ1) is 6.76. The maximum atomic E-state index is 5.50. The average molecular weight is 191 g/mol. The SMILES string of the molecule is C=CCN(CC=C)Cc1ccc(C)o1. The van der Waals surface area contributed by atoms with E-state index in [1.54, 1.807) is 0 Å². The van der Waals surface area contributed by atoms with Crippen molar-refractivity contribution in [3.8, 4) is 0 Å². The Morgan fingerprint density at radius 2 is 1.93 bits per heavy atom. The number of hydrogen-bond acceptors (Lipinski definition) is 2. The second-order valence-electron chi connectivity index (χ2n) is 3.28. The maximum absolute atomic E-state index is 5.50. The molecule has 0 spiro atoms. The summed E-state index contributed by atoms with van der Waals surface area (Å²) in [5, 5.41) is 0. The van der Waals surface area contributed by atoms with E-state index >= 15 is 0 Å². The minimum absolute atomic E-state index is 0.811. The van der Waals surface area contributed by atoms with Crippen LogP contribution < -0.4 is 0 Å². The Morgan fingerprint density at radius 3 is 2.36 bits per heavy atom. The Kier molecular flexibility index (Phi) is 4.20. The lowest BCUT2D eigenvalue weighted by Crippen LogP contribution is -2.22. The van der Waals surface area contributed by atoms with E-state index in [0.29, 0.717) is 0 Å². The van der Waals surface area contributed by atoms with Crippen LogP contribution in [0.25, 0.3) is 0 Å². The highest BCUT2D eigenvalue weighted by Gasteiger charge is 2.04. The third-order valence-corrected chi connectivity index (χ3v) is 1.95. The van der Waals surface area contributed by atoms with Crippen LogP contribution >= 0.6 is 0 Å². The summed E-state index contributed by atoms with van der Waals surface area (Å²) in [5.74, 6) is 1.95. The molecule has 0 amide bonds. The normalized spacial score (nSPS) is 10.4. The van der Waals surface area contributed by atoms with Crippen LogP contribution in [0.4, 0.5) is 0 Å². The van der Waals surface area contributed by atoms with Crippen molar-refractivity contribution in [2.24, 2.45) is 0 Å². The van der Waals surface area contributed by atoms with Crippen molar-refractivity contribution in [1.82, 2.24) is 4.90 Å². The largest absolute Gasteiger partial charge is 0.465 e. The van der Waals surface area contributed by atoms with E-state index in [-0.39, 0.29) is 0 Å². The second-order valence-corrected chi connectivity index (χ2v) is 3.28. The molecule has 14 heavy (non-hydrogen) atoms. The molecular formula is C12H17NO. The molecule has 0 unspecified atom stereocenters. The molecule has 0 radical (unpaired) electrons. The minimum atomic E-state index is 0.811. The molecule has 0 atom stereocenters. The third kappa shape index (κ3) is 3.23. The monoisotopic (exact) mass is 191 g/mol. The molecule has 2 heteroatoms. The van der Waals surface area contributed by atoms with Gasteiger partial charge in [0.05, 0.1) is 6.54 Å². The maximum Gasteiger partial charge on any atom is 0.118 e. The Labute approximate surface area is 85.5 Å². The van der Waals surface area contributed by atoms with E-state index in [1.165, 1.54) is 0 Å². The summed E-state index contributed by atoms with van der Waals surface area (Å²) < 4.78 is 5.50. The van der Waals surface area contributed by atoms with E-state index in [1.807, 2.05) is 31.2 Å². The molecule has 0 aliphatic heterocycles. The highest BCUT2D eigenvalue weighted by molar-refractivity contribution is 5.05. The first-order valence-electron chi connectivity index (χ1n) is 4.75. The molecule has 0 aromatic carbocycles. The number of furan rings is 1. The molecule has 0 aliphatic carbocycles. The summed E-state index contributed by atoms with van der Waals surface area (Å²) >= 11 is 0. The topological polar surface area (TPSA) is 16.4 Å². The molecule has 1 aromatic rings. The van der Waals surface area contributed by atoms with Crippen LogP contribution in [-0.4, -0.2) is 18.0 Å². The van der Waals surface area contributed by atoms with Crippen molar-refractivity contribution in [3.63, 3.8) is 0 Å². The second kappa shape index (κ2) is 5.45. The fraction of sp³-hybridized carbons (Fsp3) is 0.333. The molecule has 0 fully saturated rings. The van der Waals surface area contributed by atoms with Crippen LogP contribution in [0.15, 0.2) is 41.9 Å². The fourth-order valence-corrected chi connectivity index (χ4v) is 1.36. The zero-order valence-corrected chi connectivity index (χ0v) is 8.70. The zero-order valence-electron chi connectivity index (χ0n) is 8.70. The first kappa shape index (κ1) is 10.8. The smallest absolute Gasteiger partial charge is 0.118 e. The van der Waals surface area contributed by atoms with Gasteiger partial charge in [0.25, 0.3) is 0 Å². The summed E-state index contributed by atoms with van der Waals surface area (Å²) in [6.07, 6.45) is 3.78. The molecule has 76 valence electrons. The van der Waals surface area contributed by atoms with Crippen LogP contribution in [0.3, 0.4) is 0 Å². The lowest BCUT2D eigenvalue weighted by molar-refractivity contribution is 0.292. The van der Waals surface area contributed by atoms with E-state index in [4.69, 9.17) is 4.42 Å². The highest BCUT2D eigenvalue weighted by Crippen LogP contribution is 2.09. The van der Waals surface area contributed by atoms with Gasteiger partial charge in [-0.3, -0.25) is 4.90 Å². The number of hydrogen-bond donors (Lipinski definition) is 0. The number of rotatable bonds is 6. The van der Waals surface area contributed by atoms with Gasteiger partial charge in [-0.05, 0) is 19.1 Å². The van der Waals surface area contributed by atoms with Gasteiger partial charge in [0.15, 0.2) is 0 Å². The molecular weight excluding hydrogens is 174 g/mol. The molecule has 1 heterocycles. The lowest BCUT2D eigenvalue weighted by atomic mass is 10.3. The fourth-order valence-electron chi connectivity index (χ4n) is 1.36. The van der Waals surface area contributed by atoms with Gasteiger partial charge >= 0.3 is 0 Å². The van der Waals surface area contributed by atoms with Crippen molar-refractivity contribution >= 4 is 0 Å². The number of nitrogens with zero attached hydrogens (tertiary/aromatic N) is 1. The summed E-state index contributed by atoms with van der Waals surface area (Å²) in [7, 11) is 0. The standard InChI is InChI=1S/C12H17NO/c1-4-8-13(9-5-2)10-12-7-6-11(3)14-12/h4-7H,1-2,8-10H2,3H3. The molecule has 1 rings (SSSR count). The predicted octanol–water partition coefficient (Wildman–Crippen LogP) is 2.76. The highest BCUT2D eigenvalue weighted by atomic mass is 16.3. The van der Waals surface area contributed by atoms with E-state index in [2.05, 4.69) is 18.1 Å². The average Bonchev–Trinajstić information content (AvgIpc) is 2.52. The summed E-state index contributed by atoms with van der Waals surface area (Å²) in [6.45, 7) is 11.9. The van der Waals surface area contributed by atoms with Crippen LogP contribution in [0, 0.1) is 6.92 Å². The van der Waals surface area contributed by atoms with Crippen molar-refractivity contribution in [3.05, 3.63) is 49.0 Å². The molecule has 0 aliphatic rings. The van der Waals surface area contributed by atoms with Crippen molar-refractivity contribution in [2.45, 2.75) is 13.5 Å². The predicted molar refractivity (Wildman–Crippen MR) is 59.1 cm³/mol. The van der Waals surface area contributed by atoms with Gasteiger partial charge in [-0.2, -0.15) is 0 Å². The van der Waals surface area contributed by atoms with E-state index < -0.39 is 0 Å². The van der Waals surface area contributed by atoms with Gasteiger partial charge in [-0.25, -0.2) is 0 Å². The van der Waals surface area contributed by atoms with Crippen LogP contribution in [0.1, 0.15) is 11.5 Å². The molecule has 0 saturated heterocycles. The first-order valence-corrected chi connectivity index (χ1v) is 4.75. The van der Waals surface area contributed by atoms with Gasteiger partial charge < -0.3 is 4.42 Å². The van der Waals surface area contributed by atoms with E-state index in [9.17, 15) is 0 Å². The summed E-state index contributed by atoms with van der Waals surface area (Å²) in [6, 6.07) is 3.99. The van der Waals surface area contributed by atoms with Crippen molar-refractivity contribution in [1.29, 1.82) is 0 Å². The van der Waals surface area contributed by atoms with Crippen molar-refractivity contribution in [2.75, 3.05) is 13.1 Å². The van der Waals surface area contributed by atoms with Gasteiger partial charge in [0, 0.05) is 13.1 Å². The van der Waals surface area contributed by atoms with Crippen LogP contribution in [0.5, 0.6) is 0 Å². The lowest BCUT2D eigenvalue weighted by Gasteiger charge is -2.16. The molecule has 0 bridgehead atoms. The molecule has 1 aromatic heterocycles. The summed E-state index contributed by atoms with van der Waals surface area (Å²) in [5.41, 5.74) is 0. The molecule has 2 nitrogen and oxygen atoms in total. The van der Waals surface area contributed by atoms with Gasteiger partial charge in [0.1, 0.15) is 11.5 Å². The Bertz CT molecular complexity index is 291. The molecule has 0 saturated carbocycles. The van der Waals surface area contributed by atoms with Gasteiger partial charge in [0.2, 0.25) is 0 Å². The molecule has 0 N–H and O–H groups in total. The quantitative estimate of drug-likeness (QED) is 0.643. The van der Waals surface area contributed by atoms with Crippen LogP contribution in [0.2, 0.25) is 0 Å². The zero-order chi connectivity index (χ0) is 10.4. The van der Waals surface area contributed by atoms with Gasteiger partial charge in [-0.1, -0.05) is 12.2 Å². The van der Waals surface area contributed by atoms with E-state index in [0.717, 1.165) is 31.2 Å². The Hall–Kier alpha value is -1.28. The minimum Gasteiger partial charge on any atom is -0.465 e. The number of aryl methyl sites for hydroxylation is 1. The Balaban J connectivity index is 2.53.